The Bertz CT molecular complexity index is 1140. The average molecular weight is 482 g/mol. The van der Waals surface area contributed by atoms with E-state index < -0.39 is 0 Å². The van der Waals surface area contributed by atoms with Gasteiger partial charge in [0.1, 0.15) is 0 Å². The SMILES string of the molecule is CC=Cc1ccc(OCC(=O)N(Cc2nnc(-c3ccc(Cl)cc3)o2)C2CCCC2)c(OC)c1. The molecule has 0 saturated heterocycles. The van der Waals surface area contributed by atoms with Crippen LogP contribution in [0.2, 0.25) is 5.02 Å². The Morgan fingerprint density at radius 3 is 2.62 bits per heavy atom. The van der Waals surface area contributed by atoms with Crippen molar-refractivity contribution in [2.75, 3.05) is 13.7 Å². The van der Waals surface area contributed by atoms with Gasteiger partial charge in [0, 0.05) is 16.6 Å². The van der Waals surface area contributed by atoms with Crippen LogP contribution >= 0.6 is 11.6 Å². The van der Waals surface area contributed by atoms with Gasteiger partial charge in [-0.05, 0) is 61.7 Å². The number of aromatic nitrogens is 2. The number of carbonyl (C=O) groups excluding carboxylic acids is 1. The van der Waals surface area contributed by atoms with Crippen molar-refractivity contribution in [1.82, 2.24) is 15.1 Å². The molecule has 1 saturated carbocycles. The van der Waals surface area contributed by atoms with E-state index in [9.17, 15) is 4.79 Å². The zero-order chi connectivity index (χ0) is 23.9. The lowest BCUT2D eigenvalue weighted by Gasteiger charge is -2.27. The van der Waals surface area contributed by atoms with Gasteiger partial charge in [-0.25, -0.2) is 0 Å². The van der Waals surface area contributed by atoms with Gasteiger partial charge in [0.25, 0.3) is 5.91 Å². The zero-order valence-electron chi connectivity index (χ0n) is 19.4. The van der Waals surface area contributed by atoms with E-state index in [0.29, 0.717) is 28.3 Å². The van der Waals surface area contributed by atoms with Gasteiger partial charge in [0.05, 0.1) is 13.7 Å². The average Bonchev–Trinajstić information content (AvgIpc) is 3.54. The molecule has 4 rings (SSSR count). The number of allylic oxidation sites excluding steroid dienone is 1. The van der Waals surface area contributed by atoms with Crippen LogP contribution in [-0.2, 0) is 11.3 Å². The molecule has 1 fully saturated rings. The summed E-state index contributed by atoms with van der Waals surface area (Å²) >= 11 is 5.96. The van der Waals surface area contributed by atoms with Crippen LogP contribution in [0.5, 0.6) is 11.5 Å². The monoisotopic (exact) mass is 481 g/mol. The van der Waals surface area contributed by atoms with Gasteiger partial charge in [-0.1, -0.05) is 42.7 Å². The summed E-state index contributed by atoms with van der Waals surface area (Å²) in [5, 5.41) is 8.95. The Balaban J connectivity index is 1.46. The molecule has 0 aliphatic heterocycles. The van der Waals surface area contributed by atoms with Gasteiger partial charge in [-0.15, -0.1) is 10.2 Å². The first-order valence-corrected chi connectivity index (χ1v) is 11.8. The third kappa shape index (κ3) is 5.78. The molecule has 34 heavy (non-hydrogen) atoms. The summed E-state index contributed by atoms with van der Waals surface area (Å²) in [4.78, 5) is 15.0. The van der Waals surface area contributed by atoms with E-state index in [4.69, 9.17) is 25.5 Å². The van der Waals surface area contributed by atoms with E-state index in [0.717, 1.165) is 36.8 Å². The van der Waals surface area contributed by atoms with Crippen LogP contribution in [0.1, 0.15) is 44.1 Å². The van der Waals surface area contributed by atoms with Crippen molar-refractivity contribution in [2.24, 2.45) is 0 Å². The highest BCUT2D eigenvalue weighted by Crippen LogP contribution is 2.30. The summed E-state index contributed by atoms with van der Waals surface area (Å²) in [6, 6.07) is 12.9. The molecule has 1 aliphatic rings. The van der Waals surface area contributed by atoms with Crippen LogP contribution in [0.25, 0.3) is 17.5 Å². The lowest BCUT2D eigenvalue weighted by molar-refractivity contribution is -0.136. The van der Waals surface area contributed by atoms with Crippen LogP contribution < -0.4 is 9.47 Å². The number of amides is 1. The number of methoxy groups -OCH3 is 1. The van der Waals surface area contributed by atoms with E-state index in [-0.39, 0.29) is 25.1 Å². The molecule has 3 aromatic rings. The van der Waals surface area contributed by atoms with Gasteiger partial charge < -0.3 is 18.8 Å². The van der Waals surface area contributed by atoms with Crippen LogP contribution in [0.15, 0.2) is 53.0 Å². The van der Waals surface area contributed by atoms with Crippen molar-refractivity contribution < 1.29 is 18.7 Å². The Morgan fingerprint density at radius 1 is 1.15 bits per heavy atom. The summed E-state index contributed by atoms with van der Waals surface area (Å²) < 4.78 is 17.2. The predicted molar refractivity (Wildman–Crippen MR) is 131 cm³/mol. The molecule has 0 radical (unpaired) electrons. The zero-order valence-corrected chi connectivity index (χ0v) is 20.1. The number of rotatable bonds is 9. The minimum absolute atomic E-state index is 0.103. The molecule has 178 valence electrons. The minimum Gasteiger partial charge on any atom is -0.493 e. The van der Waals surface area contributed by atoms with Crippen molar-refractivity contribution in [3.05, 3.63) is 65.0 Å². The normalized spacial score (nSPS) is 14.0. The molecule has 1 aliphatic carbocycles. The Hall–Kier alpha value is -3.32. The fourth-order valence-electron chi connectivity index (χ4n) is 4.13. The fraction of sp³-hybridized carbons (Fsp3) is 0.346. The number of hydrogen-bond acceptors (Lipinski definition) is 6. The lowest BCUT2D eigenvalue weighted by Crippen LogP contribution is -2.41. The van der Waals surface area contributed by atoms with Gasteiger partial charge >= 0.3 is 0 Å². The second kappa shape index (κ2) is 11.2. The smallest absolute Gasteiger partial charge is 0.261 e. The molecule has 7 nitrogen and oxygen atoms in total. The number of carbonyl (C=O) groups is 1. The van der Waals surface area contributed by atoms with Crippen molar-refractivity contribution in [2.45, 2.75) is 45.2 Å². The number of nitrogens with zero attached hydrogens (tertiary/aromatic N) is 3. The first-order valence-electron chi connectivity index (χ1n) is 11.4. The van der Waals surface area contributed by atoms with E-state index >= 15 is 0 Å². The number of hydrogen-bond donors (Lipinski definition) is 0. The Labute approximate surface area is 204 Å². The maximum absolute atomic E-state index is 13.2. The molecule has 1 heterocycles. The summed E-state index contributed by atoms with van der Waals surface area (Å²) in [5.41, 5.74) is 1.78. The quantitative estimate of drug-likeness (QED) is 0.385. The molecule has 1 aromatic heterocycles. The third-order valence-electron chi connectivity index (χ3n) is 5.85. The highest BCUT2D eigenvalue weighted by atomic mass is 35.5. The second-order valence-corrected chi connectivity index (χ2v) is 8.60. The predicted octanol–water partition coefficient (Wildman–Crippen LogP) is 5.78. The summed E-state index contributed by atoms with van der Waals surface area (Å²) in [6.45, 7) is 2.09. The maximum Gasteiger partial charge on any atom is 0.261 e. The molecule has 8 heteroatoms. The first-order chi connectivity index (χ1) is 16.6. The first kappa shape index (κ1) is 23.8. The van der Waals surface area contributed by atoms with Crippen molar-refractivity contribution >= 4 is 23.6 Å². The van der Waals surface area contributed by atoms with Crippen LogP contribution in [0.4, 0.5) is 0 Å². The van der Waals surface area contributed by atoms with Crippen molar-refractivity contribution in [3.8, 4) is 23.0 Å². The van der Waals surface area contributed by atoms with Crippen molar-refractivity contribution in [1.29, 1.82) is 0 Å². The summed E-state index contributed by atoms with van der Waals surface area (Å²) in [6.07, 6.45) is 8.01. The number of halogens is 1. The standard InChI is InChI=1S/C26H28ClN3O4/c1-3-6-18-9-14-22(23(15-18)32-2)33-17-25(31)30(21-7-4-5-8-21)16-24-28-29-26(34-24)19-10-12-20(27)13-11-19/h3,6,9-15,21H,4-5,7-8,16-17H2,1-2H3. The third-order valence-corrected chi connectivity index (χ3v) is 6.10. The highest BCUT2D eigenvalue weighted by Gasteiger charge is 2.29. The van der Waals surface area contributed by atoms with E-state index in [1.165, 1.54) is 0 Å². The van der Waals surface area contributed by atoms with Gasteiger partial charge in [0.2, 0.25) is 11.8 Å². The molecular weight excluding hydrogens is 454 g/mol. The van der Waals surface area contributed by atoms with E-state index in [1.54, 1.807) is 24.1 Å². The Kier molecular flexibility index (Phi) is 7.85. The summed E-state index contributed by atoms with van der Waals surface area (Å²) in [5.74, 6) is 1.77. The lowest BCUT2D eigenvalue weighted by atomic mass is 10.2. The molecular formula is C26H28ClN3O4. The molecule has 0 atom stereocenters. The maximum atomic E-state index is 13.2. The van der Waals surface area contributed by atoms with E-state index in [2.05, 4.69) is 10.2 Å². The second-order valence-electron chi connectivity index (χ2n) is 8.17. The van der Waals surface area contributed by atoms with Gasteiger partial charge in [-0.2, -0.15) is 0 Å². The van der Waals surface area contributed by atoms with E-state index in [1.807, 2.05) is 49.4 Å². The molecule has 0 spiro atoms. The van der Waals surface area contributed by atoms with Crippen molar-refractivity contribution in [3.63, 3.8) is 0 Å². The topological polar surface area (TPSA) is 77.7 Å². The largest absolute Gasteiger partial charge is 0.493 e. The molecule has 0 bridgehead atoms. The minimum atomic E-state index is -0.127. The van der Waals surface area contributed by atoms with Gasteiger partial charge in [0.15, 0.2) is 18.1 Å². The number of benzene rings is 2. The molecule has 0 N–H and O–H groups in total. The fourth-order valence-corrected chi connectivity index (χ4v) is 4.26. The van der Waals surface area contributed by atoms with Crippen LogP contribution in [-0.4, -0.2) is 40.8 Å². The number of ether oxygens (including phenoxy) is 2. The molecule has 0 unspecified atom stereocenters. The van der Waals surface area contributed by atoms with Crippen LogP contribution in [0, 0.1) is 0 Å². The molecule has 2 aromatic carbocycles. The Morgan fingerprint density at radius 2 is 1.91 bits per heavy atom. The highest BCUT2D eigenvalue weighted by molar-refractivity contribution is 6.30. The van der Waals surface area contributed by atoms with Gasteiger partial charge in [-0.3, -0.25) is 4.79 Å². The van der Waals surface area contributed by atoms with Crippen LogP contribution in [0.3, 0.4) is 0 Å². The molecule has 1 amide bonds. The summed E-state index contributed by atoms with van der Waals surface area (Å²) in [7, 11) is 1.59.